The van der Waals surface area contributed by atoms with Crippen LogP contribution in [0.2, 0.25) is 0 Å². The Morgan fingerprint density at radius 3 is 3.04 bits per heavy atom. The zero-order valence-electron chi connectivity index (χ0n) is 13.6. The molecule has 2 aliphatic rings. The molecule has 0 radical (unpaired) electrons. The van der Waals surface area contributed by atoms with Crippen LogP contribution in [0.25, 0.3) is 0 Å². The summed E-state index contributed by atoms with van der Waals surface area (Å²) in [5.74, 6) is 1.48. The topological polar surface area (TPSA) is 44.4 Å². The van der Waals surface area contributed by atoms with Crippen molar-refractivity contribution in [3.8, 4) is 0 Å². The van der Waals surface area contributed by atoms with E-state index in [-0.39, 0.29) is 5.91 Å². The maximum atomic E-state index is 12.0. The van der Waals surface area contributed by atoms with E-state index in [4.69, 9.17) is 0 Å². The first-order valence-corrected chi connectivity index (χ1v) is 9.48. The molecular weight excluding hydrogens is 354 g/mol. The van der Waals surface area contributed by atoms with Gasteiger partial charge in [0, 0.05) is 36.2 Å². The van der Waals surface area contributed by atoms with Crippen LogP contribution in [0.4, 0.5) is 5.69 Å². The molecular formula is C18H26BrN3O. The molecule has 2 fully saturated rings. The first-order chi connectivity index (χ1) is 11.2. The van der Waals surface area contributed by atoms with E-state index in [1.54, 1.807) is 0 Å². The maximum absolute atomic E-state index is 12.0. The largest absolute Gasteiger partial charge is 0.371 e. The predicted molar refractivity (Wildman–Crippen MR) is 97.7 cm³/mol. The van der Waals surface area contributed by atoms with Crippen molar-refractivity contribution in [1.82, 2.24) is 10.6 Å². The zero-order chi connectivity index (χ0) is 16.1. The number of nitrogens with zero attached hydrogens (tertiary/aromatic N) is 1. The first kappa shape index (κ1) is 16.8. The monoisotopic (exact) mass is 379 g/mol. The number of halogens is 1. The van der Waals surface area contributed by atoms with Crippen molar-refractivity contribution >= 4 is 27.5 Å². The summed E-state index contributed by atoms with van der Waals surface area (Å²) in [6.45, 7) is 5.11. The Morgan fingerprint density at radius 2 is 2.26 bits per heavy atom. The van der Waals surface area contributed by atoms with Crippen LogP contribution in [-0.2, 0) is 4.79 Å². The molecule has 23 heavy (non-hydrogen) atoms. The number of hydrogen-bond donors (Lipinski definition) is 2. The number of rotatable bonds is 6. The Hall–Kier alpha value is -1.07. The lowest BCUT2D eigenvalue weighted by atomic mass is 10.0. The Bertz CT molecular complexity index is 531. The lowest BCUT2D eigenvalue weighted by Crippen LogP contribution is -2.31. The molecule has 2 unspecified atom stereocenters. The molecule has 1 aromatic carbocycles. The first-order valence-electron chi connectivity index (χ1n) is 8.68. The van der Waals surface area contributed by atoms with Gasteiger partial charge in [-0.2, -0.15) is 0 Å². The summed E-state index contributed by atoms with van der Waals surface area (Å²) >= 11 is 3.53. The van der Waals surface area contributed by atoms with Gasteiger partial charge in [0.2, 0.25) is 5.91 Å². The molecule has 2 N–H and O–H groups in total. The molecule has 0 aromatic heterocycles. The number of nitrogens with one attached hydrogen (secondary N) is 2. The third-order valence-corrected chi connectivity index (χ3v) is 5.48. The number of hydrogen-bond acceptors (Lipinski definition) is 3. The van der Waals surface area contributed by atoms with Crippen LogP contribution in [0.5, 0.6) is 0 Å². The molecule has 4 nitrogen and oxygen atoms in total. The van der Waals surface area contributed by atoms with Crippen LogP contribution in [0.1, 0.15) is 25.7 Å². The van der Waals surface area contributed by atoms with Gasteiger partial charge in [-0.25, -0.2) is 0 Å². The normalized spacial score (nSPS) is 24.1. The third-order valence-electron chi connectivity index (χ3n) is 4.99. The predicted octanol–water partition coefficient (Wildman–Crippen LogP) is 2.78. The van der Waals surface area contributed by atoms with Crippen LogP contribution < -0.4 is 15.5 Å². The van der Waals surface area contributed by atoms with Gasteiger partial charge in [-0.3, -0.25) is 4.79 Å². The Kier molecular flexibility index (Phi) is 5.95. The number of carbonyl (C=O) groups excluding carboxylic acids is 1. The minimum absolute atomic E-state index is 0.220. The molecule has 0 saturated carbocycles. The van der Waals surface area contributed by atoms with Gasteiger partial charge < -0.3 is 15.5 Å². The van der Waals surface area contributed by atoms with Crippen LogP contribution in [0.3, 0.4) is 0 Å². The lowest BCUT2D eigenvalue weighted by molar-refractivity contribution is -0.121. The molecule has 0 aliphatic carbocycles. The molecule has 2 saturated heterocycles. The Labute approximate surface area is 147 Å². The van der Waals surface area contributed by atoms with E-state index in [0.29, 0.717) is 18.3 Å². The summed E-state index contributed by atoms with van der Waals surface area (Å²) in [7, 11) is 0. The van der Waals surface area contributed by atoms with E-state index in [9.17, 15) is 4.79 Å². The standard InChI is InChI=1S/C18H26BrN3O/c19-16-2-1-3-17(10-16)22-9-7-15(13-22)12-21-18(23)5-4-14-6-8-20-11-14/h1-3,10,14-15,20H,4-9,11-13H2,(H,21,23). The van der Waals surface area contributed by atoms with Crippen LogP contribution in [0, 0.1) is 11.8 Å². The molecule has 1 amide bonds. The van der Waals surface area contributed by atoms with E-state index in [1.165, 1.54) is 12.1 Å². The highest BCUT2D eigenvalue weighted by atomic mass is 79.9. The van der Waals surface area contributed by atoms with E-state index < -0.39 is 0 Å². The fourth-order valence-electron chi connectivity index (χ4n) is 3.55. The smallest absolute Gasteiger partial charge is 0.220 e. The third kappa shape index (κ3) is 4.95. The van der Waals surface area contributed by atoms with Crippen molar-refractivity contribution in [2.75, 3.05) is 37.6 Å². The SMILES string of the molecule is O=C(CCC1CCNC1)NCC1CCN(c2cccc(Br)c2)C1. The van der Waals surface area contributed by atoms with E-state index in [0.717, 1.165) is 50.0 Å². The quantitative estimate of drug-likeness (QED) is 0.798. The van der Waals surface area contributed by atoms with Crippen LogP contribution >= 0.6 is 15.9 Å². The molecule has 2 heterocycles. The second kappa shape index (κ2) is 8.15. The minimum Gasteiger partial charge on any atom is -0.371 e. The molecule has 2 aliphatic heterocycles. The molecule has 2 atom stereocenters. The second-order valence-corrected chi connectivity index (χ2v) is 7.70. The van der Waals surface area contributed by atoms with Gasteiger partial charge in [0.1, 0.15) is 0 Å². The van der Waals surface area contributed by atoms with Gasteiger partial charge in [-0.1, -0.05) is 22.0 Å². The van der Waals surface area contributed by atoms with Gasteiger partial charge in [0.25, 0.3) is 0 Å². The number of amides is 1. The molecule has 126 valence electrons. The Morgan fingerprint density at radius 1 is 1.35 bits per heavy atom. The average Bonchev–Trinajstić information content (AvgIpc) is 3.22. The van der Waals surface area contributed by atoms with Gasteiger partial charge in [-0.05, 0) is 62.4 Å². The highest BCUT2D eigenvalue weighted by molar-refractivity contribution is 9.10. The fourth-order valence-corrected chi connectivity index (χ4v) is 3.94. The number of carbonyl (C=O) groups is 1. The minimum atomic E-state index is 0.220. The summed E-state index contributed by atoms with van der Waals surface area (Å²) in [6, 6.07) is 8.45. The summed E-state index contributed by atoms with van der Waals surface area (Å²) in [5, 5.41) is 6.49. The number of anilines is 1. The molecule has 3 rings (SSSR count). The lowest BCUT2D eigenvalue weighted by Gasteiger charge is -2.19. The summed E-state index contributed by atoms with van der Waals surface area (Å²) in [6.07, 6.45) is 4.07. The van der Waals surface area contributed by atoms with Crippen molar-refractivity contribution < 1.29 is 4.79 Å². The highest BCUT2D eigenvalue weighted by Gasteiger charge is 2.23. The average molecular weight is 380 g/mol. The van der Waals surface area contributed by atoms with Crippen molar-refractivity contribution in [3.05, 3.63) is 28.7 Å². The second-order valence-electron chi connectivity index (χ2n) is 6.78. The summed E-state index contributed by atoms with van der Waals surface area (Å²) < 4.78 is 1.12. The maximum Gasteiger partial charge on any atom is 0.220 e. The molecule has 0 spiro atoms. The Balaban J connectivity index is 1.37. The van der Waals surface area contributed by atoms with E-state index >= 15 is 0 Å². The fraction of sp³-hybridized carbons (Fsp3) is 0.611. The molecule has 5 heteroatoms. The molecule has 1 aromatic rings. The van der Waals surface area contributed by atoms with Crippen LogP contribution in [0.15, 0.2) is 28.7 Å². The van der Waals surface area contributed by atoms with Crippen molar-refractivity contribution in [2.24, 2.45) is 11.8 Å². The van der Waals surface area contributed by atoms with Gasteiger partial charge in [0.05, 0.1) is 0 Å². The zero-order valence-corrected chi connectivity index (χ0v) is 15.1. The van der Waals surface area contributed by atoms with Gasteiger partial charge in [-0.15, -0.1) is 0 Å². The van der Waals surface area contributed by atoms with Gasteiger partial charge >= 0.3 is 0 Å². The van der Waals surface area contributed by atoms with Crippen molar-refractivity contribution in [3.63, 3.8) is 0 Å². The number of benzene rings is 1. The van der Waals surface area contributed by atoms with Crippen LogP contribution in [-0.4, -0.2) is 38.6 Å². The van der Waals surface area contributed by atoms with Gasteiger partial charge in [0.15, 0.2) is 0 Å². The van der Waals surface area contributed by atoms with E-state index in [2.05, 4.69) is 55.7 Å². The van der Waals surface area contributed by atoms with Crippen molar-refractivity contribution in [2.45, 2.75) is 25.7 Å². The summed E-state index contributed by atoms with van der Waals surface area (Å²) in [5.41, 5.74) is 1.27. The molecule has 0 bridgehead atoms. The van der Waals surface area contributed by atoms with Crippen molar-refractivity contribution in [1.29, 1.82) is 0 Å². The highest BCUT2D eigenvalue weighted by Crippen LogP contribution is 2.26. The van der Waals surface area contributed by atoms with E-state index in [1.807, 2.05) is 0 Å². The summed E-state index contributed by atoms with van der Waals surface area (Å²) in [4.78, 5) is 14.4.